The molecule has 1 atom stereocenters. The van der Waals surface area contributed by atoms with E-state index in [1.807, 2.05) is 0 Å². The van der Waals surface area contributed by atoms with E-state index in [9.17, 15) is 19.5 Å². The van der Waals surface area contributed by atoms with E-state index in [4.69, 9.17) is 61.6 Å². The number of ether oxygens (including phenoxy) is 13. The largest absolute Gasteiger partial charge is 0.480 e. The summed E-state index contributed by atoms with van der Waals surface area (Å²) < 4.78 is 69.6. The van der Waals surface area contributed by atoms with Crippen LogP contribution in [0.1, 0.15) is 33.6 Å². The highest BCUT2D eigenvalue weighted by atomic mass is 16.6. The fourth-order valence-corrected chi connectivity index (χ4v) is 3.62. The minimum atomic E-state index is -1.37. The maximum absolute atomic E-state index is 12.0. The first-order valence-corrected chi connectivity index (χ1v) is 17.7. The minimum absolute atomic E-state index is 0.0584. The third kappa shape index (κ3) is 39.1. The molecule has 0 spiro atoms. The number of esters is 1. The van der Waals surface area contributed by atoms with Gasteiger partial charge in [-0.2, -0.15) is 0 Å². The number of rotatable bonds is 40. The second-order valence-electron chi connectivity index (χ2n) is 11.7. The molecule has 18 heteroatoms. The van der Waals surface area contributed by atoms with Gasteiger partial charge in [0.05, 0.1) is 158 Å². The van der Waals surface area contributed by atoms with Crippen LogP contribution in [0.25, 0.3) is 0 Å². The number of aliphatic carboxylic acids is 1. The number of hydrogen-bond donors (Lipinski definition) is 2. The lowest BCUT2D eigenvalue weighted by Crippen LogP contribution is -2.43. The van der Waals surface area contributed by atoms with E-state index in [0.717, 1.165) is 0 Å². The highest BCUT2D eigenvalue weighted by molar-refractivity contribution is 5.87. The van der Waals surface area contributed by atoms with Crippen LogP contribution in [0.4, 0.5) is 0 Å². The maximum atomic E-state index is 12.0. The average molecular weight is 760 g/mol. The number of carboxylic acid groups (broad SMARTS) is 1. The van der Waals surface area contributed by atoms with Crippen molar-refractivity contribution in [2.45, 2.75) is 45.3 Å². The predicted molar refractivity (Wildman–Crippen MR) is 186 cm³/mol. The summed E-state index contributed by atoms with van der Waals surface area (Å²) in [5.74, 6) is -2.57. The Labute approximate surface area is 308 Å². The molecule has 0 aromatic heterocycles. The van der Waals surface area contributed by atoms with Gasteiger partial charge in [0.1, 0.15) is 11.6 Å². The van der Waals surface area contributed by atoms with Crippen molar-refractivity contribution >= 4 is 17.8 Å². The quantitative estimate of drug-likeness (QED) is 0.0645. The second-order valence-corrected chi connectivity index (χ2v) is 11.7. The highest BCUT2D eigenvalue weighted by Crippen LogP contribution is 2.09. The maximum Gasteiger partial charge on any atom is 0.326 e. The van der Waals surface area contributed by atoms with E-state index in [1.54, 1.807) is 27.9 Å². The van der Waals surface area contributed by atoms with Crippen LogP contribution >= 0.6 is 0 Å². The summed E-state index contributed by atoms with van der Waals surface area (Å²) in [4.78, 5) is 35.2. The first-order chi connectivity index (χ1) is 25.2. The first kappa shape index (κ1) is 49.9. The molecular formula is C34H65NO17. The molecular weight excluding hydrogens is 694 g/mol. The van der Waals surface area contributed by atoms with Crippen molar-refractivity contribution in [2.75, 3.05) is 159 Å². The Morgan fingerprint density at radius 1 is 0.481 bits per heavy atom. The van der Waals surface area contributed by atoms with Crippen molar-refractivity contribution in [1.29, 1.82) is 0 Å². The van der Waals surface area contributed by atoms with Crippen molar-refractivity contribution in [3.63, 3.8) is 0 Å². The van der Waals surface area contributed by atoms with E-state index in [-0.39, 0.29) is 19.6 Å². The number of carbonyl (C=O) groups is 3. The molecule has 52 heavy (non-hydrogen) atoms. The Bertz CT molecular complexity index is 830. The van der Waals surface area contributed by atoms with E-state index in [0.29, 0.717) is 139 Å². The zero-order valence-electron chi connectivity index (χ0n) is 31.7. The number of methoxy groups -OCH3 is 1. The fourth-order valence-electron chi connectivity index (χ4n) is 3.62. The van der Waals surface area contributed by atoms with Gasteiger partial charge in [0.25, 0.3) is 0 Å². The Hall–Kier alpha value is -2.07. The number of carbonyl (C=O) groups excluding carboxylic acids is 2. The van der Waals surface area contributed by atoms with Crippen LogP contribution in [-0.4, -0.2) is 194 Å². The van der Waals surface area contributed by atoms with Crippen molar-refractivity contribution in [3.05, 3.63) is 0 Å². The molecule has 0 aliphatic carbocycles. The molecule has 0 aromatic carbocycles. The van der Waals surface area contributed by atoms with Gasteiger partial charge in [-0.1, -0.05) is 0 Å². The normalized spacial score (nSPS) is 12.2. The number of carboxylic acids is 1. The summed E-state index contributed by atoms with van der Waals surface area (Å²) in [7, 11) is 1.64. The van der Waals surface area contributed by atoms with Gasteiger partial charge >= 0.3 is 11.9 Å². The second kappa shape index (κ2) is 37.3. The van der Waals surface area contributed by atoms with Crippen LogP contribution in [-0.2, 0) is 76.0 Å². The monoisotopic (exact) mass is 759 g/mol. The van der Waals surface area contributed by atoms with E-state index >= 15 is 0 Å². The molecule has 0 aromatic rings. The molecule has 1 unspecified atom stereocenters. The molecule has 0 heterocycles. The molecule has 18 nitrogen and oxygen atoms in total. The Morgan fingerprint density at radius 2 is 0.750 bits per heavy atom. The van der Waals surface area contributed by atoms with Crippen LogP contribution in [0.3, 0.4) is 0 Å². The molecule has 0 bridgehead atoms. The lowest BCUT2D eigenvalue weighted by molar-refractivity contribution is -0.158. The number of nitrogens with one attached hydrogen (secondary N) is 1. The van der Waals surface area contributed by atoms with Crippen molar-refractivity contribution in [2.24, 2.45) is 0 Å². The van der Waals surface area contributed by atoms with Crippen molar-refractivity contribution in [3.8, 4) is 0 Å². The summed E-state index contributed by atoms with van der Waals surface area (Å²) in [6.45, 7) is 15.3. The summed E-state index contributed by atoms with van der Waals surface area (Å²) >= 11 is 0. The van der Waals surface area contributed by atoms with Crippen molar-refractivity contribution < 1.29 is 81.1 Å². The number of amides is 1. The summed E-state index contributed by atoms with van der Waals surface area (Å²) in [5.41, 5.74) is -0.749. The summed E-state index contributed by atoms with van der Waals surface area (Å²) in [6.07, 6.45) is -0.524. The molecule has 0 saturated carbocycles. The smallest absolute Gasteiger partial charge is 0.326 e. The Morgan fingerprint density at radius 3 is 1.00 bits per heavy atom. The molecule has 0 saturated heterocycles. The van der Waals surface area contributed by atoms with Gasteiger partial charge in [0.15, 0.2) is 0 Å². The number of hydrogen-bond acceptors (Lipinski definition) is 16. The van der Waals surface area contributed by atoms with Crippen LogP contribution in [0, 0.1) is 0 Å². The third-order valence-electron chi connectivity index (χ3n) is 6.05. The molecule has 308 valence electrons. The molecule has 0 fully saturated rings. The van der Waals surface area contributed by atoms with Crippen LogP contribution < -0.4 is 5.32 Å². The summed E-state index contributed by atoms with van der Waals surface area (Å²) in [5, 5.41) is 11.6. The molecule has 0 aliphatic rings. The lowest BCUT2D eigenvalue weighted by atomic mass is 10.1. The fraction of sp³-hybridized carbons (Fsp3) is 0.912. The van der Waals surface area contributed by atoms with Crippen LogP contribution in [0.2, 0.25) is 0 Å². The Balaban J connectivity index is 3.30. The third-order valence-corrected chi connectivity index (χ3v) is 6.05. The topological polar surface area (TPSA) is 203 Å². The highest BCUT2D eigenvalue weighted by Gasteiger charge is 2.26. The predicted octanol–water partition coefficient (Wildman–Crippen LogP) is 0.507. The van der Waals surface area contributed by atoms with Crippen LogP contribution in [0.5, 0.6) is 0 Å². The van der Waals surface area contributed by atoms with E-state index in [2.05, 4.69) is 5.32 Å². The van der Waals surface area contributed by atoms with Gasteiger partial charge in [0.2, 0.25) is 5.91 Å². The SMILES string of the molecule is COCCOCCOCCOCCOCCOCCOCCOCCOCCOCCOCCOCCC(=O)NC(CC(=O)OC(C)(C)C)C(=O)O. The van der Waals surface area contributed by atoms with Gasteiger partial charge < -0.3 is 72.0 Å². The van der Waals surface area contributed by atoms with Gasteiger partial charge in [-0.3, -0.25) is 9.59 Å². The van der Waals surface area contributed by atoms with Crippen LogP contribution in [0.15, 0.2) is 0 Å². The summed E-state index contributed by atoms with van der Waals surface area (Å²) in [6, 6.07) is -1.37. The first-order valence-electron chi connectivity index (χ1n) is 17.7. The molecule has 0 rings (SSSR count). The molecule has 1 amide bonds. The van der Waals surface area contributed by atoms with Gasteiger partial charge in [-0.05, 0) is 20.8 Å². The zero-order chi connectivity index (χ0) is 38.4. The molecule has 0 aliphatic heterocycles. The lowest BCUT2D eigenvalue weighted by Gasteiger charge is -2.21. The van der Waals surface area contributed by atoms with Gasteiger partial charge in [0, 0.05) is 13.5 Å². The standard InChI is InChI=1S/C34H65NO17/c1-34(2,3)52-32(37)29-30(33(38)39)35-31(36)5-6-41-9-10-43-13-14-45-17-18-47-21-22-49-25-26-51-28-27-50-24-23-48-20-19-46-16-15-44-12-11-42-8-7-40-4/h30H,5-29H2,1-4H3,(H,35,36)(H,38,39). The minimum Gasteiger partial charge on any atom is -0.480 e. The average Bonchev–Trinajstić information content (AvgIpc) is 3.08. The van der Waals surface area contributed by atoms with Crippen molar-refractivity contribution in [1.82, 2.24) is 5.32 Å². The molecule has 0 radical (unpaired) electrons. The van der Waals surface area contributed by atoms with Gasteiger partial charge in [-0.25, -0.2) is 4.79 Å². The molecule has 2 N–H and O–H groups in total. The zero-order valence-corrected chi connectivity index (χ0v) is 31.7. The Kier molecular flexibility index (Phi) is 35.8. The van der Waals surface area contributed by atoms with E-state index < -0.39 is 35.9 Å². The van der Waals surface area contributed by atoms with E-state index in [1.165, 1.54) is 0 Å². The van der Waals surface area contributed by atoms with Gasteiger partial charge in [-0.15, -0.1) is 0 Å².